The normalized spacial score (nSPS) is 19.1. The minimum absolute atomic E-state index is 0.0320. The van der Waals surface area contributed by atoms with E-state index in [1.165, 1.54) is 32.4 Å². The molecule has 26 heavy (non-hydrogen) atoms. The Labute approximate surface area is 160 Å². The fourth-order valence-electron chi connectivity index (χ4n) is 3.52. The van der Waals surface area contributed by atoms with Crippen LogP contribution in [0.2, 0.25) is 0 Å². The van der Waals surface area contributed by atoms with Gasteiger partial charge in [0.25, 0.3) is 5.91 Å². The predicted octanol–water partition coefficient (Wildman–Crippen LogP) is 2.80. The number of halogens is 1. The molecule has 6 heteroatoms. The number of thiophene rings is 2. The van der Waals surface area contributed by atoms with Crippen molar-refractivity contribution in [2.24, 2.45) is 0 Å². The van der Waals surface area contributed by atoms with Crippen molar-refractivity contribution < 1.29 is 14.1 Å². The van der Waals surface area contributed by atoms with Crippen LogP contribution in [-0.4, -0.2) is 19.0 Å². The van der Waals surface area contributed by atoms with E-state index in [9.17, 15) is 9.18 Å². The first-order valence-corrected chi connectivity index (χ1v) is 10.4. The molecule has 0 radical (unpaired) electrons. The molecule has 3 heterocycles. The van der Waals surface area contributed by atoms with Crippen LogP contribution < -0.4 is 10.2 Å². The van der Waals surface area contributed by atoms with Gasteiger partial charge < -0.3 is 10.2 Å². The van der Waals surface area contributed by atoms with Crippen LogP contribution in [0.25, 0.3) is 0 Å². The number of carbonyl (C=O) groups is 1. The highest BCUT2D eigenvalue weighted by atomic mass is 32.1. The number of fused-ring (bicyclic) bond motifs is 1. The Bertz CT molecular complexity index is 874. The molecule has 1 unspecified atom stereocenters. The number of nitrogens with one attached hydrogen (secondary N) is 2. The first kappa shape index (κ1) is 17.4. The number of amides is 1. The van der Waals surface area contributed by atoms with Gasteiger partial charge in [0.05, 0.1) is 11.4 Å². The standard InChI is InChI=1S/C20H19FN2OS2/c21-15-5-3-14(4-6-15)12-22-19(24)13-23-9-7-17-16(8-11-26-17)20(23)18-2-1-10-25-18/h1-6,8,10-11,20H,7,9,12-13H2,(H,22,24)/p+1/t20-/m1/s1. The molecule has 2 aromatic heterocycles. The summed E-state index contributed by atoms with van der Waals surface area (Å²) in [5.41, 5.74) is 2.27. The van der Waals surface area contributed by atoms with Gasteiger partial charge in [0.2, 0.25) is 0 Å². The molecular formula is C20H20FN2OS2+. The van der Waals surface area contributed by atoms with Gasteiger partial charge in [-0.2, -0.15) is 0 Å². The molecule has 2 N–H and O–H groups in total. The number of hydrogen-bond donors (Lipinski definition) is 2. The lowest BCUT2D eigenvalue weighted by atomic mass is 9.98. The van der Waals surface area contributed by atoms with Crippen LogP contribution in [0.3, 0.4) is 0 Å². The van der Waals surface area contributed by atoms with Crippen LogP contribution in [0, 0.1) is 5.82 Å². The lowest BCUT2D eigenvalue weighted by Gasteiger charge is -2.31. The lowest BCUT2D eigenvalue weighted by Crippen LogP contribution is -3.14. The van der Waals surface area contributed by atoms with Crippen molar-refractivity contribution in [1.82, 2.24) is 5.32 Å². The second kappa shape index (κ2) is 7.70. The van der Waals surface area contributed by atoms with Crippen LogP contribution >= 0.6 is 22.7 Å². The van der Waals surface area contributed by atoms with E-state index in [2.05, 4.69) is 34.3 Å². The molecule has 0 spiro atoms. The molecule has 0 aliphatic carbocycles. The van der Waals surface area contributed by atoms with Crippen molar-refractivity contribution in [3.63, 3.8) is 0 Å². The van der Waals surface area contributed by atoms with Crippen molar-refractivity contribution in [1.29, 1.82) is 0 Å². The monoisotopic (exact) mass is 387 g/mol. The number of benzene rings is 1. The fourth-order valence-corrected chi connectivity index (χ4v) is 5.34. The van der Waals surface area contributed by atoms with Crippen molar-refractivity contribution in [3.8, 4) is 0 Å². The van der Waals surface area contributed by atoms with Gasteiger partial charge in [-0.25, -0.2) is 4.39 Å². The van der Waals surface area contributed by atoms with Crippen LogP contribution in [-0.2, 0) is 17.8 Å². The first-order valence-electron chi connectivity index (χ1n) is 8.66. The third-order valence-electron chi connectivity index (χ3n) is 4.79. The smallest absolute Gasteiger partial charge is 0.275 e. The topological polar surface area (TPSA) is 33.5 Å². The summed E-state index contributed by atoms with van der Waals surface area (Å²) in [6.45, 7) is 1.83. The first-order chi connectivity index (χ1) is 12.7. The highest BCUT2D eigenvalue weighted by Crippen LogP contribution is 2.31. The van der Waals surface area contributed by atoms with Gasteiger partial charge in [-0.1, -0.05) is 18.2 Å². The van der Waals surface area contributed by atoms with Crippen LogP contribution in [0.15, 0.2) is 53.2 Å². The van der Waals surface area contributed by atoms with Gasteiger partial charge in [-0.15, -0.1) is 22.7 Å². The zero-order chi connectivity index (χ0) is 17.9. The summed E-state index contributed by atoms with van der Waals surface area (Å²) in [4.78, 5) is 16.6. The molecule has 0 fully saturated rings. The summed E-state index contributed by atoms with van der Waals surface area (Å²) in [6.07, 6.45) is 1.02. The lowest BCUT2D eigenvalue weighted by molar-refractivity contribution is -0.919. The van der Waals surface area contributed by atoms with E-state index in [1.807, 2.05) is 11.3 Å². The summed E-state index contributed by atoms with van der Waals surface area (Å²) in [6, 6.07) is 12.9. The van der Waals surface area contributed by atoms with Gasteiger partial charge in [-0.05, 0) is 40.6 Å². The largest absolute Gasteiger partial charge is 0.347 e. The van der Waals surface area contributed by atoms with Gasteiger partial charge >= 0.3 is 0 Å². The van der Waals surface area contributed by atoms with E-state index in [0.717, 1.165) is 18.5 Å². The summed E-state index contributed by atoms with van der Waals surface area (Å²) < 4.78 is 13.0. The van der Waals surface area contributed by atoms with Crippen molar-refractivity contribution >= 4 is 28.6 Å². The molecule has 3 aromatic rings. The molecule has 4 rings (SSSR count). The van der Waals surface area contributed by atoms with Crippen LogP contribution in [0.5, 0.6) is 0 Å². The van der Waals surface area contributed by atoms with Crippen LogP contribution in [0.4, 0.5) is 4.39 Å². The maximum atomic E-state index is 13.0. The summed E-state index contributed by atoms with van der Waals surface area (Å²) in [5.74, 6) is -0.229. The number of hydrogen-bond acceptors (Lipinski definition) is 3. The van der Waals surface area contributed by atoms with Gasteiger partial charge in [0.15, 0.2) is 6.54 Å². The molecule has 1 aliphatic heterocycles. The molecule has 1 aromatic carbocycles. The molecule has 1 aliphatic rings. The molecular weight excluding hydrogens is 367 g/mol. The van der Waals surface area contributed by atoms with Gasteiger partial charge in [0.1, 0.15) is 11.9 Å². The Morgan fingerprint density at radius 2 is 2.00 bits per heavy atom. The maximum absolute atomic E-state index is 13.0. The van der Waals surface area contributed by atoms with Gasteiger partial charge in [-0.3, -0.25) is 4.79 Å². The molecule has 0 saturated carbocycles. The zero-order valence-corrected chi connectivity index (χ0v) is 15.8. The number of carbonyl (C=O) groups excluding carboxylic acids is 1. The molecule has 2 atom stereocenters. The van der Waals surface area contributed by atoms with E-state index < -0.39 is 0 Å². The molecule has 134 valence electrons. The van der Waals surface area contributed by atoms with E-state index >= 15 is 0 Å². The number of rotatable bonds is 5. The third kappa shape index (κ3) is 3.72. The quantitative estimate of drug-likeness (QED) is 0.694. The van der Waals surface area contributed by atoms with E-state index in [-0.39, 0.29) is 17.8 Å². The Hall–Kier alpha value is -2.02. The highest BCUT2D eigenvalue weighted by molar-refractivity contribution is 7.10. The fraction of sp³-hybridized carbons (Fsp3) is 0.250. The third-order valence-corrected chi connectivity index (χ3v) is 6.72. The second-order valence-electron chi connectivity index (χ2n) is 6.49. The van der Waals surface area contributed by atoms with Crippen LogP contribution in [0.1, 0.15) is 26.9 Å². The van der Waals surface area contributed by atoms with Crippen molar-refractivity contribution in [2.75, 3.05) is 13.1 Å². The summed E-state index contributed by atoms with van der Waals surface area (Å²) in [7, 11) is 0. The van der Waals surface area contributed by atoms with Crippen molar-refractivity contribution in [2.45, 2.75) is 19.0 Å². The average molecular weight is 388 g/mol. The van der Waals surface area contributed by atoms with E-state index in [0.29, 0.717) is 13.1 Å². The highest BCUT2D eigenvalue weighted by Gasteiger charge is 2.34. The summed E-state index contributed by atoms with van der Waals surface area (Å²) in [5, 5.41) is 7.23. The molecule has 0 bridgehead atoms. The molecule has 1 amide bonds. The second-order valence-corrected chi connectivity index (χ2v) is 8.47. The Kier molecular flexibility index (Phi) is 5.15. The summed E-state index contributed by atoms with van der Waals surface area (Å²) >= 11 is 3.57. The minimum Gasteiger partial charge on any atom is -0.347 e. The zero-order valence-electron chi connectivity index (χ0n) is 14.2. The average Bonchev–Trinajstić information content (AvgIpc) is 3.33. The van der Waals surface area contributed by atoms with Gasteiger partial charge in [0, 0.05) is 23.4 Å². The minimum atomic E-state index is -0.261. The molecule has 3 nitrogen and oxygen atoms in total. The SMILES string of the molecule is O=C(C[NH+]1CCc2sccc2[C@@H]1c1cccs1)NCc1ccc(F)cc1. The molecule has 0 saturated heterocycles. The Morgan fingerprint density at radius 1 is 1.15 bits per heavy atom. The van der Waals surface area contributed by atoms with E-state index in [1.54, 1.807) is 23.5 Å². The Balaban J connectivity index is 1.44. The number of quaternary nitrogens is 1. The maximum Gasteiger partial charge on any atom is 0.275 e. The van der Waals surface area contributed by atoms with Crippen molar-refractivity contribution in [3.05, 3.63) is 79.9 Å². The van der Waals surface area contributed by atoms with E-state index in [4.69, 9.17) is 0 Å². The Morgan fingerprint density at radius 3 is 2.77 bits per heavy atom. The predicted molar refractivity (Wildman–Crippen MR) is 103 cm³/mol.